The van der Waals surface area contributed by atoms with Crippen LogP contribution in [0.15, 0.2) is 42.5 Å². The lowest BCUT2D eigenvalue weighted by molar-refractivity contribution is 0.112. The second-order valence-corrected chi connectivity index (χ2v) is 9.62. The molecule has 0 unspecified atom stereocenters. The van der Waals surface area contributed by atoms with E-state index in [9.17, 15) is 4.79 Å². The first-order valence-electron chi connectivity index (χ1n) is 10.4. The average Bonchev–Trinajstić information content (AvgIpc) is 3.14. The Morgan fingerprint density at radius 1 is 1.13 bits per heavy atom. The van der Waals surface area contributed by atoms with Gasteiger partial charge < -0.3 is 10.6 Å². The lowest BCUT2D eigenvalue weighted by Crippen LogP contribution is -2.29. The molecule has 2 heterocycles. The fourth-order valence-corrected chi connectivity index (χ4v) is 4.98. The standard InChI is InChI=1S/C25H26ClN3OS/c1-14(2)16-5-6-17(19(26)11-16)20-8-7-18-21(29-20)9-10-22-24(18)25(23(13-30)31-22)28-12-15(3)27-4/h5-11,13-15,27-28H,12H2,1-4H3/t15-/m1/s1. The maximum atomic E-state index is 11.7. The molecule has 4 rings (SSSR count). The van der Waals surface area contributed by atoms with Crippen LogP contribution in [0.1, 0.15) is 41.9 Å². The zero-order valence-electron chi connectivity index (χ0n) is 18.1. The Morgan fingerprint density at radius 3 is 2.61 bits per heavy atom. The number of likely N-dealkylation sites (N-methyl/N-ethyl adjacent to an activating group) is 1. The molecule has 0 aliphatic carbocycles. The van der Waals surface area contributed by atoms with Crippen LogP contribution in [0, 0.1) is 0 Å². The first-order valence-corrected chi connectivity index (χ1v) is 11.6. The molecular weight excluding hydrogens is 426 g/mol. The number of hydrogen-bond donors (Lipinski definition) is 2. The molecule has 2 aromatic carbocycles. The first kappa shape index (κ1) is 21.8. The van der Waals surface area contributed by atoms with Crippen molar-refractivity contribution in [2.24, 2.45) is 0 Å². The van der Waals surface area contributed by atoms with Crippen molar-refractivity contribution >= 4 is 55.9 Å². The maximum Gasteiger partial charge on any atom is 0.162 e. The van der Waals surface area contributed by atoms with Crippen molar-refractivity contribution in [1.29, 1.82) is 0 Å². The van der Waals surface area contributed by atoms with Crippen LogP contribution in [0.3, 0.4) is 0 Å². The first-order chi connectivity index (χ1) is 14.9. The minimum absolute atomic E-state index is 0.283. The summed E-state index contributed by atoms with van der Waals surface area (Å²) in [5.74, 6) is 0.423. The van der Waals surface area contributed by atoms with Crippen LogP contribution in [-0.2, 0) is 0 Å². The predicted molar refractivity (Wildman–Crippen MR) is 134 cm³/mol. The van der Waals surface area contributed by atoms with Gasteiger partial charge in [-0.15, -0.1) is 11.3 Å². The molecule has 6 heteroatoms. The second kappa shape index (κ2) is 8.95. The number of carbonyl (C=O) groups is 1. The van der Waals surface area contributed by atoms with Gasteiger partial charge in [-0.1, -0.05) is 37.6 Å². The van der Waals surface area contributed by atoms with Crippen LogP contribution in [0.5, 0.6) is 0 Å². The highest BCUT2D eigenvalue weighted by molar-refractivity contribution is 7.21. The summed E-state index contributed by atoms with van der Waals surface area (Å²) >= 11 is 8.10. The van der Waals surface area contributed by atoms with Gasteiger partial charge in [-0.3, -0.25) is 4.79 Å². The van der Waals surface area contributed by atoms with E-state index in [0.29, 0.717) is 15.8 Å². The zero-order valence-corrected chi connectivity index (χ0v) is 19.7. The molecule has 0 spiro atoms. The zero-order chi connectivity index (χ0) is 22.1. The van der Waals surface area contributed by atoms with E-state index in [1.165, 1.54) is 16.9 Å². The molecule has 0 saturated carbocycles. The predicted octanol–water partition coefficient (Wildman–Crippen LogP) is 6.73. The van der Waals surface area contributed by atoms with Gasteiger partial charge in [0.05, 0.1) is 26.8 Å². The van der Waals surface area contributed by atoms with Crippen molar-refractivity contribution in [3.8, 4) is 11.3 Å². The van der Waals surface area contributed by atoms with E-state index in [4.69, 9.17) is 16.6 Å². The van der Waals surface area contributed by atoms with Crippen molar-refractivity contribution in [3.63, 3.8) is 0 Å². The van der Waals surface area contributed by atoms with Gasteiger partial charge >= 0.3 is 0 Å². The Labute approximate surface area is 191 Å². The number of anilines is 1. The summed E-state index contributed by atoms with van der Waals surface area (Å²) in [5, 5.41) is 9.48. The topological polar surface area (TPSA) is 54.0 Å². The molecule has 0 aliphatic heterocycles. The van der Waals surface area contributed by atoms with Crippen LogP contribution in [0.2, 0.25) is 5.02 Å². The number of hydrogen-bond acceptors (Lipinski definition) is 5. The summed E-state index contributed by atoms with van der Waals surface area (Å²) in [7, 11) is 1.93. The third-order valence-corrected chi connectivity index (χ3v) is 7.06. The molecule has 0 radical (unpaired) electrons. The fraction of sp³-hybridized carbons (Fsp3) is 0.280. The lowest BCUT2D eigenvalue weighted by atomic mass is 10.00. The minimum atomic E-state index is 0.283. The van der Waals surface area contributed by atoms with Crippen molar-refractivity contribution < 1.29 is 4.79 Å². The summed E-state index contributed by atoms with van der Waals surface area (Å²) in [6, 6.07) is 14.6. The number of benzene rings is 2. The van der Waals surface area contributed by atoms with E-state index in [-0.39, 0.29) is 6.04 Å². The molecule has 2 aromatic heterocycles. The van der Waals surface area contributed by atoms with E-state index in [0.717, 1.165) is 50.8 Å². The number of rotatable bonds is 7. The molecule has 2 N–H and O–H groups in total. The number of thiophene rings is 1. The van der Waals surface area contributed by atoms with Crippen LogP contribution in [0.4, 0.5) is 5.69 Å². The Kier molecular flexibility index (Phi) is 6.28. The Morgan fingerprint density at radius 2 is 1.94 bits per heavy atom. The smallest absolute Gasteiger partial charge is 0.162 e. The third-order valence-electron chi connectivity index (χ3n) is 5.67. The second-order valence-electron chi connectivity index (χ2n) is 8.13. The molecule has 0 aliphatic rings. The van der Waals surface area contributed by atoms with E-state index >= 15 is 0 Å². The molecule has 1 atom stereocenters. The van der Waals surface area contributed by atoms with Gasteiger partial charge in [0.15, 0.2) is 6.29 Å². The Balaban J connectivity index is 1.83. The Hall–Kier alpha value is -2.47. The van der Waals surface area contributed by atoms with E-state index in [1.807, 2.05) is 37.4 Å². The highest BCUT2D eigenvalue weighted by Crippen LogP contribution is 2.40. The normalized spacial score (nSPS) is 12.6. The summed E-state index contributed by atoms with van der Waals surface area (Å²) in [6.45, 7) is 7.13. The lowest BCUT2D eigenvalue weighted by Gasteiger charge is -2.13. The monoisotopic (exact) mass is 451 g/mol. The number of aromatic nitrogens is 1. The van der Waals surface area contributed by atoms with Crippen molar-refractivity contribution in [2.45, 2.75) is 32.7 Å². The van der Waals surface area contributed by atoms with E-state index < -0.39 is 0 Å². The molecule has 0 fully saturated rings. The number of nitrogens with zero attached hydrogens (tertiary/aromatic N) is 1. The maximum absolute atomic E-state index is 11.7. The highest BCUT2D eigenvalue weighted by atomic mass is 35.5. The number of carbonyl (C=O) groups excluding carboxylic acids is 1. The molecule has 0 amide bonds. The van der Waals surface area contributed by atoms with Crippen molar-refractivity contribution in [1.82, 2.24) is 10.3 Å². The fourth-order valence-electron chi connectivity index (χ4n) is 3.68. The Bertz CT molecular complexity index is 1260. The quantitative estimate of drug-likeness (QED) is 0.306. The largest absolute Gasteiger partial charge is 0.382 e. The number of pyridine rings is 1. The highest BCUT2D eigenvalue weighted by Gasteiger charge is 2.16. The van der Waals surface area contributed by atoms with Gasteiger partial charge in [0.1, 0.15) is 0 Å². The summed E-state index contributed by atoms with van der Waals surface area (Å²) < 4.78 is 1.07. The summed E-state index contributed by atoms with van der Waals surface area (Å²) in [4.78, 5) is 17.3. The van der Waals surface area contributed by atoms with Crippen LogP contribution in [-0.4, -0.2) is 30.9 Å². The average molecular weight is 452 g/mol. The van der Waals surface area contributed by atoms with Crippen LogP contribution >= 0.6 is 22.9 Å². The van der Waals surface area contributed by atoms with Gasteiger partial charge in [0, 0.05) is 33.6 Å². The van der Waals surface area contributed by atoms with Gasteiger partial charge in [-0.25, -0.2) is 4.98 Å². The molecule has 4 nitrogen and oxygen atoms in total. The van der Waals surface area contributed by atoms with E-state index in [1.54, 1.807) is 0 Å². The molecule has 4 aromatic rings. The molecule has 160 valence electrons. The van der Waals surface area contributed by atoms with E-state index in [2.05, 4.69) is 43.5 Å². The van der Waals surface area contributed by atoms with Gasteiger partial charge in [0.2, 0.25) is 0 Å². The molecule has 0 bridgehead atoms. The summed E-state index contributed by atoms with van der Waals surface area (Å²) in [5.41, 5.74) is 4.75. The van der Waals surface area contributed by atoms with Crippen LogP contribution in [0.25, 0.3) is 32.2 Å². The van der Waals surface area contributed by atoms with Gasteiger partial charge in [0.25, 0.3) is 0 Å². The van der Waals surface area contributed by atoms with Gasteiger partial charge in [-0.2, -0.15) is 0 Å². The van der Waals surface area contributed by atoms with Crippen molar-refractivity contribution in [2.75, 3.05) is 18.9 Å². The molecule has 0 saturated heterocycles. The SMILES string of the molecule is CN[C@H](C)CNc1c(C=O)sc2ccc3nc(-c4ccc(C(C)C)cc4Cl)ccc3c12. The third kappa shape index (κ3) is 4.18. The van der Waals surface area contributed by atoms with Gasteiger partial charge in [-0.05, 0) is 55.8 Å². The molecule has 31 heavy (non-hydrogen) atoms. The molecular formula is C25H26ClN3OS. The number of aldehydes is 1. The number of halogens is 1. The van der Waals surface area contributed by atoms with Crippen molar-refractivity contribution in [3.05, 3.63) is 57.9 Å². The summed E-state index contributed by atoms with van der Waals surface area (Å²) in [6.07, 6.45) is 0.931. The van der Waals surface area contributed by atoms with Crippen LogP contribution < -0.4 is 10.6 Å². The number of fused-ring (bicyclic) bond motifs is 3. The minimum Gasteiger partial charge on any atom is -0.382 e. The number of nitrogens with one attached hydrogen (secondary N) is 2.